The van der Waals surface area contributed by atoms with E-state index >= 15 is 0 Å². The van der Waals surface area contributed by atoms with Gasteiger partial charge < -0.3 is 5.32 Å². The molecule has 2 nitrogen and oxygen atoms in total. The molecule has 0 spiro atoms. The summed E-state index contributed by atoms with van der Waals surface area (Å²) in [5.74, 6) is 1.08. The number of hydrogen-bond acceptors (Lipinski definition) is 3. The SMILES string of the molecule is Cc1ccc(/C(=C/C2=NCCS2)Nc2ccccc2)cc1. The predicted octanol–water partition coefficient (Wildman–Crippen LogP) is 4.59. The standard InChI is InChI=1S/C18H18N2S/c1-14-7-9-15(10-8-14)17(13-18-19-11-12-21-18)20-16-5-3-2-4-6-16/h2-10,13,20H,11-12H2,1H3/b17-13-. The minimum Gasteiger partial charge on any atom is -0.355 e. The summed E-state index contributed by atoms with van der Waals surface area (Å²) < 4.78 is 0. The van der Waals surface area contributed by atoms with Crippen LogP contribution in [0.5, 0.6) is 0 Å². The van der Waals surface area contributed by atoms with Gasteiger partial charge in [-0.15, -0.1) is 11.8 Å². The summed E-state index contributed by atoms with van der Waals surface area (Å²) in [6.07, 6.45) is 2.15. The molecule has 3 rings (SSSR count). The van der Waals surface area contributed by atoms with E-state index in [4.69, 9.17) is 0 Å². The van der Waals surface area contributed by atoms with E-state index in [1.165, 1.54) is 11.1 Å². The summed E-state index contributed by atoms with van der Waals surface area (Å²) in [6.45, 7) is 3.03. The number of thioether (sulfide) groups is 1. The second-order valence-electron chi connectivity index (χ2n) is 4.98. The molecule has 2 aromatic carbocycles. The van der Waals surface area contributed by atoms with Crippen LogP contribution >= 0.6 is 11.8 Å². The molecule has 2 aromatic rings. The lowest BCUT2D eigenvalue weighted by Gasteiger charge is -2.12. The third-order valence-corrected chi connectivity index (χ3v) is 4.22. The van der Waals surface area contributed by atoms with Gasteiger partial charge in [0.05, 0.1) is 5.04 Å². The first kappa shape index (κ1) is 14.0. The maximum absolute atomic E-state index is 4.52. The number of nitrogens with zero attached hydrogens (tertiary/aromatic N) is 1. The number of aryl methyl sites for hydroxylation is 1. The minimum absolute atomic E-state index is 0.920. The molecule has 0 atom stereocenters. The van der Waals surface area contributed by atoms with Crippen LogP contribution < -0.4 is 5.32 Å². The van der Waals surface area contributed by atoms with Crippen molar-refractivity contribution in [1.29, 1.82) is 0 Å². The fourth-order valence-corrected chi connectivity index (χ4v) is 2.94. The van der Waals surface area contributed by atoms with Crippen molar-refractivity contribution < 1.29 is 0 Å². The van der Waals surface area contributed by atoms with Crippen molar-refractivity contribution >= 4 is 28.2 Å². The Bertz CT molecular complexity index is 657. The topological polar surface area (TPSA) is 24.4 Å². The molecule has 0 unspecified atom stereocenters. The molecule has 0 aromatic heterocycles. The van der Waals surface area contributed by atoms with Crippen LogP contribution in [-0.4, -0.2) is 17.3 Å². The van der Waals surface area contributed by atoms with Crippen LogP contribution in [0, 0.1) is 6.92 Å². The largest absolute Gasteiger partial charge is 0.355 e. The van der Waals surface area contributed by atoms with Crippen LogP contribution in [0.1, 0.15) is 11.1 Å². The Balaban J connectivity index is 1.92. The summed E-state index contributed by atoms with van der Waals surface area (Å²) in [4.78, 5) is 4.52. The van der Waals surface area contributed by atoms with Gasteiger partial charge in [0.25, 0.3) is 0 Å². The van der Waals surface area contributed by atoms with Gasteiger partial charge in [0.2, 0.25) is 0 Å². The average molecular weight is 294 g/mol. The van der Waals surface area contributed by atoms with E-state index < -0.39 is 0 Å². The van der Waals surface area contributed by atoms with Crippen molar-refractivity contribution in [1.82, 2.24) is 0 Å². The maximum atomic E-state index is 4.52. The summed E-state index contributed by atoms with van der Waals surface area (Å²) in [7, 11) is 0. The Hall–Kier alpha value is -2.00. The number of para-hydroxylation sites is 1. The fourth-order valence-electron chi connectivity index (χ4n) is 2.16. The van der Waals surface area contributed by atoms with Crippen LogP contribution in [0.25, 0.3) is 5.70 Å². The molecule has 21 heavy (non-hydrogen) atoms. The predicted molar refractivity (Wildman–Crippen MR) is 94.0 cm³/mol. The lowest BCUT2D eigenvalue weighted by molar-refractivity contribution is 1.18. The normalized spacial score (nSPS) is 14.9. The number of anilines is 1. The molecular weight excluding hydrogens is 276 g/mol. The number of aliphatic imine (C=N–C) groups is 1. The number of hydrogen-bond donors (Lipinski definition) is 1. The van der Waals surface area contributed by atoms with Gasteiger partial charge in [0.1, 0.15) is 0 Å². The lowest BCUT2D eigenvalue weighted by Crippen LogP contribution is -2.01. The molecule has 106 valence electrons. The number of rotatable bonds is 4. The lowest BCUT2D eigenvalue weighted by atomic mass is 10.1. The molecule has 1 N–H and O–H groups in total. The van der Waals surface area contributed by atoms with Crippen molar-refractivity contribution in [3.8, 4) is 0 Å². The van der Waals surface area contributed by atoms with Gasteiger partial charge in [-0.3, -0.25) is 4.99 Å². The first-order valence-corrected chi connectivity index (χ1v) is 8.08. The van der Waals surface area contributed by atoms with Crippen molar-refractivity contribution in [3.05, 3.63) is 71.8 Å². The molecule has 0 aliphatic carbocycles. The van der Waals surface area contributed by atoms with Crippen molar-refractivity contribution in [3.63, 3.8) is 0 Å². The van der Waals surface area contributed by atoms with Crippen LogP contribution in [0.2, 0.25) is 0 Å². The van der Waals surface area contributed by atoms with E-state index in [0.717, 1.165) is 28.7 Å². The van der Waals surface area contributed by atoms with Crippen LogP contribution in [0.15, 0.2) is 65.7 Å². The highest BCUT2D eigenvalue weighted by atomic mass is 32.2. The highest BCUT2D eigenvalue weighted by Crippen LogP contribution is 2.22. The van der Waals surface area contributed by atoms with E-state index in [1.807, 2.05) is 30.0 Å². The van der Waals surface area contributed by atoms with E-state index in [2.05, 4.69) is 59.7 Å². The highest BCUT2D eigenvalue weighted by molar-refractivity contribution is 8.14. The van der Waals surface area contributed by atoms with E-state index in [1.54, 1.807) is 0 Å². The Morgan fingerprint density at radius 2 is 1.86 bits per heavy atom. The zero-order valence-electron chi connectivity index (χ0n) is 12.0. The molecule has 1 heterocycles. The molecule has 0 saturated carbocycles. The van der Waals surface area contributed by atoms with Crippen molar-refractivity contribution in [2.75, 3.05) is 17.6 Å². The van der Waals surface area contributed by atoms with E-state index in [-0.39, 0.29) is 0 Å². The molecule has 0 fully saturated rings. The van der Waals surface area contributed by atoms with E-state index in [0.29, 0.717) is 0 Å². The molecule has 0 saturated heterocycles. The van der Waals surface area contributed by atoms with Gasteiger partial charge in [-0.2, -0.15) is 0 Å². The number of benzene rings is 2. The van der Waals surface area contributed by atoms with Crippen molar-refractivity contribution in [2.45, 2.75) is 6.92 Å². The number of nitrogens with one attached hydrogen (secondary N) is 1. The maximum Gasteiger partial charge on any atom is 0.0926 e. The van der Waals surface area contributed by atoms with Crippen LogP contribution in [0.4, 0.5) is 5.69 Å². The second-order valence-corrected chi connectivity index (χ2v) is 6.10. The molecule has 0 radical (unpaired) electrons. The quantitative estimate of drug-likeness (QED) is 0.891. The smallest absolute Gasteiger partial charge is 0.0926 e. The third kappa shape index (κ3) is 3.76. The van der Waals surface area contributed by atoms with E-state index in [9.17, 15) is 0 Å². The second kappa shape index (κ2) is 6.64. The van der Waals surface area contributed by atoms with Crippen molar-refractivity contribution in [2.24, 2.45) is 4.99 Å². The first-order valence-electron chi connectivity index (χ1n) is 7.09. The van der Waals surface area contributed by atoms with Gasteiger partial charge in [-0.1, -0.05) is 48.0 Å². The zero-order chi connectivity index (χ0) is 14.5. The minimum atomic E-state index is 0.920. The van der Waals surface area contributed by atoms with Gasteiger partial charge >= 0.3 is 0 Å². The molecule has 3 heteroatoms. The molecule has 0 amide bonds. The first-order chi connectivity index (χ1) is 10.3. The highest BCUT2D eigenvalue weighted by Gasteiger charge is 2.08. The summed E-state index contributed by atoms with van der Waals surface area (Å²) in [5, 5.41) is 4.61. The third-order valence-electron chi connectivity index (χ3n) is 3.29. The Kier molecular flexibility index (Phi) is 4.41. The Labute approximate surface area is 130 Å². The average Bonchev–Trinajstić information content (AvgIpc) is 3.01. The van der Waals surface area contributed by atoms with Gasteiger partial charge in [-0.25, -0.2) is 0 Å². The molecule has 0 bridgehead atoms. The Morgan fingerprint density at radius 1 is 1.10 bits per heavy atom. The molecule has 1 aliphatic heterocycles. The molecular formula is C18H18N2S. The summed E-state index contributed by atoms with van der Waals surface area (Å²) in [5.41, 5.74) is 4.63. The van der Waals surface area contributed by atoms with Gasteiger partial charge in [0, 0.05) is 23.7 Å². The van der Waals surface area contributed by atoms with Gasteiger partial charge in [0.15, 0.2) is 0 Å². The fraction of sp³-hybridized carbons (Fsp3) is 0.167. The summed E-state index contributed by atoms with van der Waals surface area (Å²) >= 11 is 1.81. The monoisotopic (exact) mass is 294 g/mol. The Morgan fingerprint density at radius 3 is 2.52 bits per heavy atom. The van der Waals surface area contributed by atoms with Crippen LogP contribution in [-0.2, 0) is 0 Å². The molecule has 1 aliphatic rings. The van der Waals surface area contributed by atoms with Gasteiger partial charge in [-0.05, 0) is 30.7 Å². The van der Waals surface area contributed by atoms with Crippen LogP contribution in [0.3, 0.4) is 0 Å². The summed E-state index contributed by atoms with van der Waals surface area (Å²) in [6, 6.07) is 18.8. The zero-order valence-corrected chi connectivity index (χ0v) is 12.9.